The smallest absolute Gasteiger partial charge is 0.311 e. The Hall–Kier alpha value is -1.99. The van der Waals surface area contributed by atoms with Crippen molar-refractivity contribution in [2.45, 2.75) is 13.3 Å². The number of ether oxygens (including phenoxy) is 3. The molecule has 0 saturated carbocycles. The standard InChI is InChI=1S/C14H19NO6/c1-11(16)12-4-5-14(13(10-12)15(17)18)21-9-8-20-7-3-6-19-2/h4-5,10H,3,6-9H2,1-2H3. The first-order valence-corrected chi connectivity index (χ1v) is 6.55. The van der Waals surface area contributed by atoms with Crippen molar-refractivity contribution in [3.8, 4) is 5.75 Å². The molecule has 21 heavy (non-hydrogen) atoms. The molecular weight excluding hydrogens is 278 g/mol. The Morgan fingerprint density at radius 2 is 2.00 bits per heavy atom. The van der Waals surface area contributed by atoms with E-state index in [4.69, 9.17) is 14.2 Å². The fourth-order valence-corrected chi connectivity index (χ4v) is 1.62. The molecule has 0 unspecified atom stereocenters. The van der Waals surface area contributed by atoms with Crippen LogP contribution in [-0.4, -0.2) is 44.2 Å². The lowest BCUT2D eigenvalue weighted by Gasteiger charge is -2.08. The summed E-state index contributed by atoms with van der Waals surface area (Å²) in [7, 11) is 1.62. The van der Waals surface area contributed by atoms with Gasteiger partial charge in [-0.3, -0.25) is 14.9 Å². The van der Waals surface area contributed by atoms with Crippen LogP contribution in [0.15, 0.2) is 18.2 Å². The van der Waals surface area contributed by atoms with Crippen LogP contribution in [-0.2, 0) is 9.47 Å². The van der Waals surface area contributed by atoms with Crippen molar-refractivity contribution in [2.75, 3.05) is 33.5 Å². The SMILES string of the molecule is COCCCOCCOc1ccc(C(C)=O)cc1[N+](=O)[O-]. The summed E-state index contributed by atoms with van der Waals surface area (Å²) < 4.78 is 15.5. The second-order valence-corrected chi connectivity index (χ2v) is 4.30. The normalized spacial score (nSPS) is 10.4. The van der Waals surface area contributed by atoms with E-state index in [1.54, 1.807) is 7.11 Å². The van der Waals surface area contributed by atoms with Gasteiger partial charge in [0.1, 0.15) is 6.61 Å². The second-order valence-electron chi connectivity index (χ2n) is 4.30. The molecule has 0 amide bonds. The van der Waals surface area contributed by atoms with Gasteiger partial charge in [-0.1, -0.05) is 0 Å². The number of carbonyl (C=O) groups is 1. The number of hydrogen-bond donors (Lipinski definition) is 0. The predicted molar refractivity (Wildman–Crippen MR) is 75.9 cm³/mol. The van der Waals surface area contributed by atoms with Crippen LogP contribution in [0.1, 0.15) is 23.7 Å². The van der Waals surface area contributed by atoms with E-state index in [1.165, 1.54) is 25.1 Å². The van der Waals surface area contributed by atoms with Gasteiger partial charge in [0.25, 0.3) is 0 Å². The summed E-state index contributed by atoms with van der Waals surface area (Å²) in [6.07, 6.45) is 0.782. The highest BCUT2D eigenvalue weighted by atomic mass is 16.6. The first-order chi connectivity index (χ1) is 10.1. The van der Waals surface area contributed by atoms with Crippen molar-refractivity contribution in [3.05, 3.63) is 33.9 Å². The summed E-state index contributed by atoms with van der Waals surface area (Å²) in [6, 6.07) is 4.15. The van der Waals surface area contributed by atoms with E-state index in [-0.39, 0.29) is 29.4 Å². The van der Waals surface area contributed by atoms with Crippen molar-refractivity contribution in [3.63, 3.8) is 0 Å². The number of methoxy groups -OCH3 is 1. The Morgan fingerprint density at radius 1 is 1.24 bits per heavy atom. The molecule has 0 spiro atoms. The molecule has 1 aromatic carbocycles. The zero-order chi connectivity index (χ0) is 15.7. The molecule has 0 radical (unpaired) electrons. The topological polar surface area (TPSA) is 87.9 Å². The summed E-state index contributed by atoms with van der Waals surface area (Å²) in [6.45, 7) is 3.05. The Balaban J connectivity index is 2.51. The molecule has 0 fully saturated rings. The second kappa shape index (κ2) is 9.04. The Morgan fingerprint density at radius 3 is 2.62 bits per heavy atom. The lowest BCUT2D eigenvalue weighted by atomic mass is 10.1. The van der Waals surface area contributed by atoms with Gasteiger partial charge in [-0.25, -0.2) is 0 Å². The maximum Gasteiger partial charge on any atom is 0.311 e. The van der Waals surface area contributed by atoms with Crippen LogP contribution < -0.4 is 4.74 Å². The third-order valence-corrected chi connectivity index (χ3v) is 2.68. The van der Waals surface area contributed by atoms with Crippen molar-refractivity contribution >= 4 is 11.5 Å². The van der Waals surface area contributed by atoms with E-state index in [0.29, 0.717) is 19.8 Å². The predicted octanol–water partition coefficient (Wildman–Crippen LogP) is 2.23. The lowest BCUT2D eigenvalue weighted by molar-refractivity contribution is -0.385. The lowest BCUT2D eigenvalue weighted by Crippen LogP contribution is -2.09. The molecule has 1 aromatic rings. The molecule has 0 aliphatic heterocycles. The van der Waals surface area contributed by atoms with Crippen LogP contribution in [0.3, 0.4) is 0 Å². The molecule has 0 aliphatic carbocycles. The molecule has 1 rings (SSSR count). The number of hydrogen-bond acceptors (Lipinski definition) is 6. The number of benzene rings is 1. The van der Waals surface area contributed by atoms with Gasteiger partial charge in [-0.05, 0) is 25.5 Å². The summed E-state index contributed by atoms with van der Waals surface area (Å²) in [5, 5.41) is 11.0. The zero-order valence-electron chi connectivity index (χ0n) is 12.2. The molecule has 0 bridgehead atoms. The molecular formula is C14H19NO6. The Kier molecular flexibility index (Phi) is 7.34. The van der Waals surface area contributed by atoms with Gasteiger partial charge in [0, 0.05) is 32.0 Å². The van der Waals surface area contributed by atoms with Gasteiger partial charge in [0.15, 0.2) is 11.5 Å². The third kappa shape index (κ3) is 5.88. The van der Waals surface area contributed by atoms with Gasteiger partial charge in [-0.15, -0.1) is 0 Å². The first kappa shape index (κ1) is 17.1. The fourth-order valence-electron chi connectivity index (χ4n) is 1.62. The summed E-state index contributed by atoms with van der Waals surface area (Å²) in [4.78, 5) is 21.6. The van der Waals surface area contributed by atoms with Gasteiger partial charge >= 0.3 is 5.69 Å². The maximum atomic E-state index is 11.2. The van der Waals surface area contributed by atoms with Crippen LogP contribution in [0.2, 0.25) is 0 Å². The molecule has 116 valence electrons. The fraction of sp³-hybridized carbons (Fsp3) is 0.500. The number of nitrogens with zero attached hydrogens (tertiary/aromatic N) is 1. The summed E-state index contributed by atoms with van der Waals surface area (Å²) in [5.74, 6) is -0.100. The number of rotatable bonds is 10. The number of ketones is 1. The Bertz CT molecular complexity index is 488. The number of nitro groups is 1. The highest BCUT2D eigenvalue weighted by Gasteiger charge is 2.17. The van der Waals surface area contributed by atoms with E-state index in [1.807, 2.05) is 0 Å². The van der Waals surface area contributed by atoms with Gasteiger partial charge in [0.05, 0.1) is 11.5 Å². The van der Waals surface area contributed by atoms with Crippen LogP contribution in [0, 0.1) is 10.1 Å². The number of nitro benzene ring substituents is 1. The van der Waals surface area contributed by atoms with E-state index in [0.717, 1.165) is 6.42 Å². The van der Waals surface area contributed by atoms with Crippen LogP contribution in [0.5, 0.6) is 5.75 Å². The highest BCUT2D eigenvalue weighted by molar-refractivity contribution is 5.95. The largest absolute Gasteiger partial charge is 0.484 e. The maximum absolute atomic E-state index is 11.2. The molecule has 0 aromatic heterocycles. The minimum atomic E-state index is -0.568. The molecule has 7 heteroatoms. The third-order valence-electron chi connectivity index (χ3n) is 2.68. The van der Waals surface area contributed by atoms with Crippen molar-refractivity contribution in [1.82, 2.24) is 0 Å². The van der Waals surface area contributed by atoms with Gasteiger partial charge < -0.3 is 14.2 Å². The van der Waals surface area contributed by atoms with Crippen LogP contribution >= 0.6 is 0 Å². The molecule has 7 nitrogen and oxygen atoms in total. The first-order valence-electron chi connectivity index (χ1n) is 6.55. The van der Waals surface area contributed by atoms with E-state index >= 15 is 0 Å². The van der Waals surface area contributed by atoms with Crippen molar-refractivity contribution < 1.29 is 23.9 Å². The summed E-state index contributed by atoms with van der Waals surface area (Å²) in [5.41, 5.74) is 0.0620. The molecule has 0 heterocycles. The number of Topliss-reactive ketones (excluding diaryl/α,β-unsaturated/α-hetero) is 1. The highest BCUT2D eigenvalue weighted by Crippen LogP contribution is 2.28. The molecule has 0 saturated heterocycles. The van der Waals surface area contributed by atoms with E-state index in [2.05, 4.69) is 0 Å². The molecule has 0 N–H and O–H groups in total. The quantitative estimate of drug-likeness (QED) is 0.285. The molecule has 0 aliphatic rings. The summed E-state index contributed by atoms with van der Waals surface area (Å²) >= 11 is 0. The monoisotopic (exact) mass is 297 g/mol. The van der Waals surface area contributed by atoms with Crippen LogP contribution in [0.4, 0.5) is 5.69 Å². The average Bonchev–Trinajstić information content (AvgIpc) is 2.46. The zero-order valence-corrected chi connectivity index (χ0v) is 12.2. The van der Waals surface area contributed by atoms with E-state index < -0.39 is 4.92 Å². The van der Waals surface area contributed by atoms with Crippen molar-refractivity contribution in [2.24, 2.45) is 0 Å². The minimum absolute atomic E-state index is 0.130. The number of carbonyl (C=O) groups excluding carboxylic acids is 1. The van der Waals surface area contributed by atoms with Crippen molar-refractivity contribution in [1.29, 1.82) is 0 Å². The molecule has 0 atom stereocenters. The minimum Gasteiger partial charge on any atom is -0.484 e. The van der Waals surface area contributed by atoms with Gasteiger partial charge in [0.2, 0.25) is 0 Å². The Labute approximate surface area is 123 Å². The van der Waals surface area contributed by atoms with E-state index in [9.17, 15) is 14.9 Å². The average molecular weight is 297 g/mol. The van der Waals surface area contributed by atoms with Gasteiger partial charge in [-0.2, -0.15) is 0 Å². The van der Waals surface area contributed by atoms with Crippen LogP contribution in [0.25, 0.3) is 0 Å².